The number of ether oxygens (including phenoxy) is 1. The smallest absolute Gasteiger partial charge is 0.271 e. The normalized spacial score (nSPS) is 13.4. The maximum absolute atomic E-state index is 14.4. The van der Waals surface area contributed by atoms with E-state index in [0.717, 1.165) is 15.1 Å². The zero-order chi connectivity index (χ0) is 19.0. The van der Waals surface area contributed by atoms with Crippen molar-refractivity contribution < 1.29 is 17.5 Å². The fourth-order valence-electron chi connectivity index (χ4n) is 3.36. The first-order chi connectivity index (χ1) is 13.0. The summed E-state index contributed by atoms with van der Waals surface area (Å²) in [4.78, 5) is 0.0988. The molecule has 0 atom stereocenters. The van der Waals surface area contributed by atoms with Gasteiger partial charge in [-0.05, 0) is 42.4 Å². The lowest BCUT2D eigenvalue weighted by atomic mass is 10.1. The van der Waals surface area contributed by atoms with Gasteiger partial charge >= 0.3 is 0 Å². The molecule has 0 amide bonds. The van der Waals surface area contributed by atoms with Crippen LogP contribution in [0.1, 0.15) is 11.1 Å². The number of para-hydroxylation sites is 1. The number of aromatic nitrogens is 1. The maximum atomic E-state index is 14.4. The van der Waals surface area contributed by atoms with Crippen LogP contribution in [0.5, 0.6) is 5.75 Å². The Kier molecular flexibility index (Phi) is 4.49. The van der Waals surface area contributed by atoms with Crippen molar-refractivity contribution in [3.63, 3.8) is 0 Å². The molecule has 0 bridgehead atoms. The minimum atomic E-state index is -3.96. The molecule has 0 saturated heterocycles. The highest BCUT2D eigenvalue weighted by Crippen LogP contribution is 2.36. The van der Waals surface area contributed by atoms with Crippen molar-refractivity contribution in [1.29, 1.82) is 0 Å². The zero-order valence-corrected chi connectivity index (χ0v) is 15.6. The van der Waals surface area contributed by atoms with Crippen LogP contribution >= 0.6 is 0 Å². The molecule has 0 spiro atoms. The Balaban J connectivity index is 1.93. The number of halogens is 1. The van der Waals surface area contributed by atoms with Gasteiger partial charge < -0.3 is 10.1 Å². The predicted octanol–water partition coefficient (Wildman–Crippen LogP) is 3.19. The van der Waals surface area contributed by atoms with Gasteiger partial charge in [0.25, 0.3) is 10.0 Å². The summed E-state index contributed by atoms with van der Waals surface area (Å²) in [6.45, 7) is 0.923. The van der Waals surface area contributed by atoms with E-state index in [1.807, 2.05) is 6.07 Å². The average molecular weight is 386 g/mol. The van der Waals surface area contributed by atoms with Gasteiger partial charge in [-0.1, -0.05) is 24.3 Å². The summed E-state index contributed by atoms with van der Waals surface area (Å²) in [5, 5.41) is 3.00. The van der Waals surface area contributed by atoms with E-state index in [1.54, 1.807) is 37.4 Å². The maximum Gasteiger partial charge on any atom is 0.271 e. The second-order valence-corrected chi connectivity index (χ2v) is 8.17. The van der Waals surface area contributed by atoms with E-state index >= 15 is 0 Å². The molecule has 1 N–H and O–H groups in total. The first kappa shape index (κ1) is 17.8. The second-order valence-electron chi connectivity index (χ2n) is 6.39. The van der Waals surface area contributed by atoms with Crippen LogP contribution in [-0.2, 0) is 23.0 Å². The molecule has 1 aliphatic rings. The standard InChI is InChI=1S/C20H19FN2O3S/c1-22-12-14-11-18(16-6-2-3-7-17(16)21)23(13-14)27(24,25)19-8-4-5-15-9-10-26-20(15)19/h2-8,11,13,22H,9-10,12H2,1H3. The van der Waals surface area contributed by atoms with Crippen LogP contribution in [0.15, 0.2) is 59.6 Å². The number of nitrogens with one attached hydrogen (secondary N) is 1. The van der Waals surface area contributed by atoms with E-state index < -0.39 is 15.8 Å². The molecular formula is C20H19FN2O3S. The Morgan fingerprint density at radius 1 is 1.19 bits per heavy atom. The Bertz CT molecular complexity index is 1110. The number of nitrogens with zero attached hydrogens (tertiary/aromatic N) is 1. The van der Waals surface area contributed by atoms with Crippen molar-refractivity contribution in [2.75, 3.05) is 13.7 Å². The zero-order valence-electron chi connectivity index (χ0n) is 14.8. The van der Waals surface area contributed by atoms with Crippen LogP contribution in [-0.4, -0.2) is 26.0 Å². The molecule has 4 rings (SSSR count). The Hall–Kier alpha value is -2.64. The summed E-state index contributed by atoms with van der Waals surface area (Å²) >= 11 is 0. The fraction of sp³-hybridized carbons (Fsp3) is 0.200. The molecule has 7 heteroatoms. The molecule has 1 aromatic heterocycles. The molecule has 3 aromatic rings. The van der Waals surface area contributed by atoms with E-state index in [2.05, 4.69) is 5.32 Å². The monoisotopic (exact) mass is 386 g/mol. The Morgan fingerprint density at radius 2 is 2.00 bits per heavy atom. The van der Waals surface area contributed by atoms with Gasteiger partial charge in [0.2, 0.25) is 0 Å². The van der Waals surface area contributed by atoms with Crippen LogP contribution in [0, 0.1) is 5.82 Å². The molecule has 5 nitrogen and oxygen atoms in total. The molecular weight excluding hydrogens is 367 g/mol. The molecule has 140 valence electrons. The SMILES string of the molecule is CNCc1cc(-c2ccccc2F)n(S(=O)(=O)c2cccc3c2OCC3)c1. The molecule has 0 aliphatic carbocycles. The second kappa shape index (κ2) is 6.83. The molecule has 0 fully saturated rings. The number of benzene rings is 2. The lowest BCUT2D eigenvalue weighted by molar-refractivity contribution is 0.348. The van der Waals surface area contributed by atoms with Crippen molar-refractivity contribution in [2.45, 2.75) is 17.9 Å². The summed E-state index contributed by atoms with van der Waals surface area (Å²) in [5.74, 6) is -0.0848. The highest BCUT2D eigenvalue weighted by Gasteiger charge is 2.29. The molecule has 0 radical (unpaired) electrons. The van der Waals surface area contributed by atoms with Crippen LogP contribution in [0.25, 0.3) is 11.3 Å². The van der Waals surface area contributed by atoms with Gasteiger partial charge in [-0.15, -0.1) is 0 Å². The van der Waals surface area contributed by atoms with E-state index in [9.17, 15) is 12.8 Å². The van der Waals surface area contributed by atoms with Gasteiger partial charge in [-0.2, -0.15) is 0 Å². The van der Waals surface area contributed by atoms with Crippen molar-refractivity contribution >= 4 is 10.0 Å². The topological polar surface area (TPSA) is 60.3 Å². The summed E-state index contributed by atoms with van der Waals surface area (Å²) in [6, 6.07) is 12.9. The van der Waals surface area contributed by atoms with Gasteiger partial charge in [0.15, 0.2) is 0 Å². The Morgan fingerprint density at radius 3 is 2.78 bits per heavy atom. The molecule has 0 unspecified atom stereocenters. The fourth-order valence-corrected chi connectivity index (χ4v) is 4.93. The van der Waals surface area contributed by atoms with Gasteiger partial charge in [0.1, 0.15) is 16.5 Å². The number of hydrogen-bond donors (Lipinski definition) is 1. The van der Waals surface area contributed by atoms with Gasteiger partial charge in [0.05, 0.1) is 12.3 Å². The van der Waals surface area contributed by atoms with Crippen molar-refractivity contribution in [3.8, 4) is 17.0 Å². The van der Waals surface area contributed by atoms with Crippen molar-refractivity contribution in [2.24, 2.45) is 0 Å². The lowest BCUT2D eigenvalue weighted by Crippen LogP contribution is -2.15. The highest BCUT2D eigenvalue weighted by atomic mass is 32.2. The largest absolute Gasteiger partial charge is 0.492 e. The highest BCUT2D eigenvalue weighted by molar-refractivity contribution is 7.90. The minimum absolute atomic E-state index is 0.0988. The van der Waals surface area contributed by atoms with Crippen LogP contribution in [0.4, 0.5) is 4.39 Å². The third-order valence-electron chi connectivity index (χ3n) is 4.59. The summed E-state index contributed by atoms with van der Waals surface area (Å²) in [5.41, 5.74) is 2.13. The van der Waals surface area contributed by atoms with Crippen LogP contribution in [0.2, 0.25) is 0 Å². The molecule has 0 saturated carbocycles. The first-order valence-electron chi connectivity index (χ1n) is 8.63. The number of rotatable bonds is 5. The van der Waals surface area contributed by atoms with E-state index in [4.69, 9.17) is 4.74 Å². The number of fused-ring (bicyclic) bond motifs is 1. The van der Waals surface area contributed by atoms with Gasteiger partial charge in [-0.3, -0.25) is 0 Å². The third kappa shape index (κ3) is 3.02. The molecule has 1 aliphatic heterocycles. The quantitative estimate of drug-likeness (QED) is 0.732. The molecule has 2 aromatic carbocycles. The van der Waals surface area contributed by atoms with Crippen LogP contribution < -0.4 is 10.1 Å². The van der Waals surface area contributed by atoms with Crippen molar-refractivity contribution in [3.05, 3.63) is 71.7 Å². The third-order valence-corrected chi connectivity index (χ3v) is 6.29. The summed E-state index contributed by atoms with van der Waals surface area (Å²) in [7, 11) is -2.19. The predicted molar refractivity (Wildman–Crippen MR) is 101 cm³/mol. The minimum Gasteiger partial charge on any atom is -0.492 e. The average Bonchev–Trinajstić information content (AvgIpc) is 3.29. The first-order valence-corrected chi connectivity index (χ1v) is 10.1. The van der Waals surface area contributed by atoms with E-state index in [-0.39, 0.29) is 16.2 Å². The van der Waals surface area contributed by atoms with Gasteiger partial charge in [-0.25, -0.2) is 16.8 Å². The van der Waals surface area contributed by atoms with Crippen molar-refractivity contribution in [1.82, 2.24) is 9.29 Å². The summed E-state index contributed by atoms with van der Waals surface area (Å²) in [6.07, 6.45) is 2.21. The summed E-state index contributed by atoms with van der Waals surface area (Å²) < 4.78 is 48.1. The molecule has 2 heterocycles. The van der Waals surface area contributed by atoms with Crippen LogP contribution in [0.3, 0.4) is 0 Å². The lowest BCUT2D eigenvalue weighted by Gasteiger charge is -2.13. The van der Waals surface area contributed by atoms with Gasteiger partial charge in [0, 0.05) is 24.7 Å². The van der Waals surface area contributed by atoms with E-state index in [1.165, 1.54) is 18.3 Å². The van der Waals surface area contributed by atoms with E-state index in [0.29, 0.717) is 25.3 Å². The molecule has 27 heavy (non-hydrogen) atoms. The Labute approximate surface area is 157 Å². The number of hydrogen-bond acceptors (Lipinski definition) is 4.